The second kappa shape index (κ2) is 44.3. The van der Waals surface area contributed by atoms with Gasteiger partial charge in [-0.2, -0.15) is 0 Å². The molecule has 0 rings (SSSR count). The van der Waals surface area contributed by atoms with Gasteiger partial charge in [0, 0.05) is 13.0 Å². The molecule has 4 nitrogen and oxygen atoms in total. The number of carbonyl (C=O) groups excluding carboxylic acids is 1. The van der Waals surface area contributed by atoms with Gasteiger partial charge < -0.3 is 14.6 Å². The molecule has 0 aromatic carbocycles. The van der Waals surface area contributed by atoms with Crippen LogP contribution in [0.5, 0.6) is 0 Å². The molecule has 0 aliphatic rings. The van der Waals surface area contributed by atoms with Crippen LogP contribution >= 0.6 is 0 Å². The number of aliphatic hydroxyl groups is 1. The predicted molar refractivity (Wildman–Crippen MR) is 223 cm³/mol. The fraction of sp³-hybridized carbons (Fsp3) is 0.766. The van der Waals surface area contributed by atoms with Gasteiger partial charge in [-0.05, 0) is 77.0 Å². The number of esters is 1. The van der Waals surface area contributed by atoms with Crippen LogP contribution in [0.25, 0.3) is 0 Å². The monoisotopic (exact) mass is 713 g/mol. The van der Waals surface area contributed by atoms with Crippen molar-refractivity contribution in [1.29, 1.82) is 0 Å². The Morgan fingerprint density at radius 1 is 0.490 bits per heavy atom. The summed E-state index contributed by atoms with van der Waals surface area (Å²) in [6, 6.07) is 0. The van der Waals surface area contributed by atoms with Crippen LogP contribution < -0.4 is 0 Å². The van der Waals surface area contributed by atoms with Crippen LogP contribution in [0.15, 0.2) is 60.8 Å². The summed E-state index contributed by atoms with van der Waals surface area (Å²) in [5, 5.41) is 9.61. The van der Waals surface area contributed by atoms with Crippen LogP contribution in [0.2, 0.25) is 0 Å². The van der Waals surface area contributed by atoms with E-state index in [9.17, 15) is 9.90 Å². The lowest BCUT2D eigenvalue weighted by atomic mass is 10.1. The van der Waals surface area contributed by atoms with E-state index in [1.54, 1.807) is 0 Å². The number of hydrogen-bond donors (Lipinski definition) is 1. The molecular weight excluding hydrogens is 629 g/mol. The Labute approximate surface area is 317 Å². The molecule has 0 aromatic heterocycles. The first-order valence-electron chi connectivity index (χ1n) is 21.9. The minimum Gasteiger partial charge on any atom is -0.457 e. The van der Waals surface area contributed by atoms with Crippen molar-refractivity contribution >= 4 is 5.97 Å². The highest BCUT2D eigenvalue weighted by Gasteiger charge is 2.13. The molecular formula is C47H84O4. The van der Waals surface area contributed by atoms with Crippen LogP contribution in [0.3, 0.4) is 0 Å². The zero-order chi connectivity index (χ0) is 37.0. The quantitative estimate of drug-likeness (QED) is 0.0390. The molecule has 0 radical (unpaired) electrons. The Bertz CT molecular complexity index is 839. The van der Waals surface area contributed by atoms with E-state index in [2.05, 4.69) is 74.6 Å². The third-order valence-electron chi connectivity index (χ3n) is 9.33. The Hall–Kier alpha value is -1.91. The minimum atomic E-state index is -0.544. The van der Waals surface area contributed by atoms with Crippen molar-refractivity contribution < 1.29 is 19.4 Å². The standard InChI is InChI=1S/C47H84O4/c1-3-5-7-9-11-13-15-17-19-21-23-25-27-29-31-33-35-37-39-41-43-50-45-46(44-48)51-47(49)42-40-38-36-34-32-30-28-26-24-22-20-18-16-14-12-10-8-6-4-2/h6,8,12,14,17-20,24,26,46,48H,3-5,7,9-11,13,15-16,21-23,25,27-45H2,1-2H3/b8-6-,14-12-,19-17-,20-18-,26-24-. The number of unbranched alkanes of at least 4 members (excludes halogenated alkanes) is 22. The normalized spacial score (nSPS) is 12.9. The molecule has 0 bridgehead atoms. The molecule has 51 heavy (non-hydrogen) atoms. The maximum atomic E-state index is 12.2. The molecule has 0 saturated heterocycles. The first-order chi connectivity index (χ1) is 25.2. The molecule has 0 saturated carbocycles. The summed E-state index contributed by atoms with van der Waals surface area (Å²) >= 11 is 0. The van der Waals surface area contributed by atoms with Crippen LogP contribution in [-0.2, 0) is 14.3 Å². The highest BCUT2D eigenvalue weighted by molar-refractivity contribution is 5.69. The van der Waals surface area contributed by atoms with Crippen molar-refractivity contribution in [2.24, 2.45) is 0 Å². The minimum absolute atomic E-state index is 0.180. The second-order valence-corrected chi connectivity index (χ2v) is 14.4. The van der Waals surface area contributed by atoms with Crippen molar-refractivity contribution in [1.82, 2.24) is 0 Å². The van der Waals surface area contributed by atoms with Gasteiger partial charge in [-0.25, -0.2) is 0 Å². The summed E-state index contributed by atoms with van der Waals surface area (Å²) in [5.74, 6) is -0.215. The molecule has 0 fully saturated rings. The van der Waals surface area contributed by atoms with Crippen LogP contribution in [0, 0.1) is 0 Å². The van der Waals surface area contributed by atoms with E-state index < -0.39 is 6.10 Å². The summed E-state index contributed by atoms with van der Waals surface area (Å²) in [5.41, 5.74) is 0. The molecule has 0 aliphatic heterocycles. The summed E-state index contributed by atoms with van der Waals surface area (Å²) in [6.45, 7) is 5.22. The van der Waals surface area contributed by atoms with Gasteiger partial charge in [-0.1, -0.05) is 184 Å². The fourth-order valence-electron chi connectivity index (χ4n) is 6.08. The number of allylic oxidation sites excluding steroid dienone is 10. The lowest BCUT2D eigenvalue weighted by Crippen LogP contribution is -2.27. The third-order valence-corrected chi connectivity index (χ3v) is 9.33. The van der Waals surface area contributed by atoms with Crippen LogP contribution in [0.1, 0.15) is 206 Å². The van der Waals surface area contributed by atoms with Crippen molar-refractivity contribution in [3.8, 4) is 0 Å². The van der Waals surface area contributed by atoms with Crippen LogP contribution in [-0.4, -0.2) is 37.0 Å². The van der Waals surface area contributed by atoms with E-state index in [0.29, 0.717) is 13.0 Å². The lowest BCUT2D eigenvalue weighted by molar-refractivity contribution is -0.154. The molecule has 1 atom stereocenters. The summed E-state index contributed by atoms with van der Waals surface area (Å²) < 4.78 is 11.2. The van der Waals surface area contributed by atoms with Crippen molar-refractivity contribution in [3.63, 3.8) is 0 Å². The molecule has 0 spiro atoms. The van der Waals surface area contributed by atoms with Crippen LogP contribution in [0.4, 0.5) is 0 Å². The summed E-state index contributed by atoms with van der Waals surface area (Å²) in [4.78, 5) is 12.2. The molecule has 4 heteroatoms. The van der Waals surface area contributed by atoms with E-state index in [-0.39, 0.29) is 19.2 Å². The summed E-state index contributed by atoms with van der Waals surface area (Å²) in [6.07, 6.45) is 58.5. The maximum absolute atomic E-state index is 12.2. The smallest absolute Gasteiger partial charge is 0.306 e. The van der Waals surface area contributed by atoms with Gasteiger partial charge in [-0.3, -0.25) is 4.79 Å². The number of ether oxygens (including phenoxy) is 2. The zero-order valence-corrected chi connectivity index (χ0v) is 33.9. The van der Waals surface area contributed by atoms with Gasteiger partial charge in [0.25, 0.3) is 0 Å². The molecule has 0 aromatic rings. The van der Waals surface area contributed by atoms with Gasteiger partial charge in [0.15, 0.2) is 0 Å². The van der Waals surface area contributed by atoms with Gasteiger partial charge >= 0.3 is 5.97 Å². The van der Waals surface area contributed by atoms with E-state index >= 15 is 0 Å². The first-order valence-corrected chi connectivity index (χ1v) is 21.9. The Morgan fingerprint density at radius 3 is 1.35 bits per heavy atom. The molecule has 0 aliphatic carbocycles. The van der Waals surface area contributed by atoms with E-state index in [1.807, 2.05) is 0 Å². The topological polar surface area (TPSA) is 55.8 Å². The van der Waals surface area contributed by atoms with Gasteiger partial charge in [0.1, 0.15) is 6.10 Å². The SMILES string of the molecule is CC/C=C\C/C=C\C/C=C\C/C=C\CCCCCCCCC(=O)OC(CO)COCCCCCCCCCCCC/C=C\CCCCCCCC. The Kier molecular flexibility index (Phi) is 42.6. The zero-order valence-electron chi connectivity index (χ0n) is 33.9. The van der Waals surface area contributed by atoms with Gasteiger partial charge in [-0.15, -0.1) is 0 Å². The van der Waals surface area contributed by atoms with Crippen molar-refractivity contribution in [2.75, 3.05) is 19.8 Å². The Balaban J connectivity index is 3.46. The maximum Gasteiger partial charge on any atom is 0.306 e. The van der Waals surface area contributed by atoms with Gasteiger partial charge in [0.2, 0.25) is 0 Å². The summed E-state index contributed by atoms with van der Waals surface area (Å²) in [7, 11) is 0. The number of hydrogen-bond acceptors (Lipinski definition) is 4. The van der Waals surface area contributed by atoms with E-state index in [1.165, 1.54) is 128 Å². The highest BCUT2D eigenvalue weighted by Crippen LogP contribution is 2.13. The number of carbonyl (C=O) groups is 1. The Morgan fingerprint density at radius 2 is 0.882 bits per heavy atom. The first kappa shape index (κ1) is 49.1. The molecule has 0 heterocycles. The largest absolute Gasteiger partial charge is 0.457 e. The second-order valence-electron chi connectivity index (χ2n) is 14.4. The number of aliphatic hydroxyl groups excluding tert-OH is 1. The van der Waals surface area contributed by atoms with Crippen molar-refractivity contribution in [3.05, 3.63) is 60.8 Å². The third kappa shape index (κ3) is 42.4. The molecule has 1 unspecified atom stereocenters. The van der Waals surface area contributed by atoms with E-state index in [4.69, 9.17) is 9.47 Å². The van der Waals surface area contributed by atoms with E-state index in [0.717, 1.165) is 57.8 Å². The predicted octanol–water partition coefficient (Wildman–Crippen LogP) is 14.4. The van der Waals surface area contributed by atoms with Gasteiger partial charge in [0.05, 0.1) is 13.2 Å². The molecule has 0 amide bonds. The van der Waals surface area contributed by atoms with Crippen molar-refractivity contribution in [2.45, 2.75) is 213 Å². The highest BCUT2D eigenvalue weighted by atomic mass is 16.6. The number of rotatable bonds is 40. The molecule has 296 valence electrons. The lowest BCUT2D eigenvalue weighted by Gasteiger charge is -2.15. The fourth-order valence-corrected chi connectivity index (χ4v) is 6.08. The average molecular weight is 713 g/mol. The average Bonchev–Trinajstić information content (AvgIpc) is 3.14. The molecule has 1 N–H and O–H groups in total.